The minimum Gasteiger partial charge on any atom is -0.853 e. The molecule has 0 aromatic heterocycles. The first-order valence-corrected chi connectivity index (χ1v) is 4.39. The summed E-state index contributed by atoms with van der Waals surface area (Å²) >= 11 is 0. The molecule has 0 aromatic rings. The molecule has 0 amide bonds. The molecule has 1 fully saturated rings. The molecule has 1 rings (SSSR count). The summed E-state index contributed by atoms with van der Waals surface area (Å²) in [6.45, 7) is 5.41. The molecule has 0 spiro atoms. The van der Waals surface area contributed by atoms with Crippen molar-refractivity contribution in [3.8, 4) is 0 Å². The van der Waals surface area contributed by atoms with Crippen LogP contribution in [-0.4, -0.2) is 57.6 Å². The molecule has 4 nitrogen and oxygen atoms in total. The van der Waals surface area contributed by atoms with Crippen LogP contribution in [0, 0.1) is 0 Å². The standard InChI is InChI=1S/C8H16NO3.K/c10-4-8-12-7-3-9-1-5-11-6-2-9;/h1-8H2;/q-1;+1. The third-order valence-electron chi connectivity index (χ3n) is 1.88. The summed E-state index contributed by atoms with van der Waals surface area (Å²) in [6.07, 6.45) is 0. The smallest absolute Gasteiger partial charge is 0.853 e. The maximum absolute atomic E-state index is 10.0. The second-order valence-electron chi connectivity index (χ2n) is 2.77. The molecule has 0 radical (unpaired) electrons. The summed E-state index contributed by atoms with van der Waals surface area (Å²) < 4.78 is 10.3. The van der Waals surface area contributed by atoms with Crippen LogP contribution in [0.15, 0.2) is 0 Å². The SMILES string of the molecule is [K+].[O-]CCOCCN1CCOCC1. The van der Waals surface area contributed by atoms with Crippen LogP contribution in [0.5, 0.6) is 0 Å². The molecular formula is C8H16KNO3. The van der Waals surface area contributed by atoms with Crippen LogP contribution in [0.1, 0.15) is 0 Å². The third-order valence-corrected chi connectivity index (χ3v) is 1.88. The predicted molar refractivity (Wildman–Crippen MR) is 42.9 cm³/mol. The third kappa shape index (κ3) is 7.41. The Morgan fingerprint density at radius 2 is 1.92 bits per heavy atom. The topological polar surface area (TPSA) is 44.8 Å². The number of rotatable bonds is 5. The largest absolute Gasteiger partial charge is 1.00 e. The Labute approximate surface area is 122 Å². The van der Waals surface area contributed by atoms with Crippen molar-refractivity contribution in [3.63, 3.8) is 0 Å². The van der Waals surface area contributed by atoms with Gasteiger partial charge in [-0.1, -0.05) is 0 Å². The maximum atomic E-state index is 10.0. The molecule has 0 N–H and O–H groups in total. The van der Waals surface area contributed by atoms with E-state index in [1.807, 2.05) is 0 Å². The molecule has 1 heterocycles. The molecule has 0 saturated carbocycles. The van der Waals surface area contributed by atoms with Gasteiger partial charge in [0.1, 0.15) is 0 Å². The Bertz CT molecular complexity index is 110. The van der Waals surface area contributed by atoms with Gasteiger partial charge < -0.3 is 14.6 Å². The van der Waals surface area contributed by atoms with Gasteiger partial charge in [-0.2, -0.15) is 0 Å². The molecule has 0 bridgehead atoms. The van der Waals surface area contributed by atoms with Gasteiger partial charge in [0.15, 0.2) is 0 Å². The van der Waals surface area contributed by atoms with E-state index in [-0.39, 0.29) is 58.0 Å². The molecule has 0 atom stereocenters. The number of hydrogen-bond donors (Lipinski definition) is 0. The van der Waals surface area contributed by atoms with Crippen molar-refractivity contribution in [1.82, 2.24) is 4.90 Å². The minimum atomic E-state index is -0.136. The monoisotopic (exact) mass is 213 g/mol. The van der Waals surface area contributed by atoms with Crippen LogP contribution in [0.25, 0.3) is 0 Å². The van der Waals surface area contributed by atoms with Gasteiger partial charge in [-0.3, -0.25) is 4.90 Å². The summed E-state index contributed by atoms with van der Waals surface area (Å²) in [6, 6.07) is 0. The average Bonchev–Trinajstić information content (AvgIpc) is 2.14. The summed E-state index contributed by atoms with van der Waals surface area (Å²) in [7, 11) is 0. The van der Waals surface area contributed by atoms with Gasteiger partial charge in [0.2, 0.25) is 0 Å². The zero-order valence-corrected chi connectivity index (χ0v) is 11.5. The van der Waals surface area contributed by atoms with E-state index in [0.29, 0.717) is 13.2 Å². The summed E-state index contributed by atoms with van der Waals surface area (Å²) in [5.41, 5.74) is 0. The fourth-order valence-electron chi connectivity index (χ4n) is 1.18. The summed E-state index contributed by atoms with van der Waals surface area (Å²) in [5.74, 6) is 0. The predicted octanol–water partition coefficient (Wildman–Crippen LogP) is -4.30. The van der Waals surface area contributed by atoms with Crippen LogP contribution in [0.3, 0.4) is 0 Å². The zero-order chi connectivity index (χ0) is 8.65. The van der Waals surface area contributed by atoms with Crippen LogP contribution in [0.4, 0.5) is 0 Å². The molecule has 0 aliphatic carbocycles. The summed E-state index contributed by atoms with van der Waals surface area (Å²) in [4.78, 5) is 2.29. The van der Waals surface area contributed by atoms with Crippen molar-refractivity contribution in [2.45, 2.75) is 0 Å². The number of morpholine rings is 1. The fourth-order valence-corrected chi connectivity index (χ4v) is 1.18. The van der Waals surface area contributed by atoms with Gasteiger partial charge in [0.05, 0.1) is 19.8 Å². The van der Waals surface area contributed by atoms with Gasteiger partial charge >= 0.3 is 51.4 Å². The maximum Gasteiger partial charge on any atom is 1.00 e. The van der Waals surface area contributed by atoms with Crippen molar-refractivity contribution >= 4 is 0 Å². The quantitative estimate of drug-likeness (QED) is 0.342. The molecule has 1 aliphatic heterocycles. The van der Waals surface area contributed by atoms with E-state index in [2.05, 4.69) is 4.90 Å². The van der Waals surface area contributed by atoms with E-state index < -0.39 is 0 Å². The average molecular weight is 213 g/mol. The summed E-state index contributed by atoms with van der Waals surface area (Å²) in [5, 5.41) is 10.0. The Morgan fingerprint density at radius 1 is 1.23 bits per heavy atom. The normalized spacial score (nSPS) is 18.2. The van der Waals surface area contributed by atoms with Crippen molar-refractivity contribution in [2.24, 2.45) is 0 Å². The molecule has 0 aromatic carbocycles. The van der Waals surface area contributed by atoms with E-state index >= 15 is 0 Å². The van der Waals surface area contributed by atoms with Crippen LogP contribution < -0.4 is 56.5 Å². The Morgan fingerprint density at radius 3 is 2.54 bits per heavy atom. The Hall–Kier alpha value is 1.48. The molecule has 0 unspecified atom stereocenters. The minimum absolute atomic E-state index is 0. The van der Waals surface area contributed by atoms with Crippen LogP contribution >= 0.6 is 0 Å². The van der Waals surface area contributed by atoms with Gasteiger partial charge in [-0.15, -0.1) is 6.61 Å². The molecule has 5 heteroatoms. The van der Waals surface area contributed by atoms with Crippen LogP contribution in [0.2, 0.25) is 0 Å². The second-order valence-corrected chi connectivity index (χ2v) is 2.77. The second kappa shape index (κ2) is 10.0. The molecule has 1 aliphatic rings. The van der Waals surface area contributed by atoms with Gasteiger partial charge in [-0.05, 0) is 0 Å². The van der Waals surface area contributed by atoms with Crippen molar-refractivity contribution in [2.75, 3.05) is 52.7 Å². The van der Waals surface area contributed by atoms with Gasteiger partial charge in [0, 0.05) is 26.2 Å². The van der Waals surface area contributed by atoms with E-state index in [0.717, 1.165) is 32.8 Å². The van der Waals surface area contributed by atoms with E-state index in [9.17, 15) is 5.11 Å². The molecule has 13 heavy (non-hydrogen) atoms. The van der Waals surface area contributed by atoms with E-state index in [1.165, 1.54) is 0 Å². The van der Waals surface area contributed by atoms with Crippen LogP contribution in [-0.2, 0) is 9.47 Å². The van der Waals surface area contributed by atoms with Crippen molar-refractivity contribution in [3.05, 3.63) is 0 Å². The fraction of sp³-hybridized carbons (Fsp3) is 1.00. The van der Waals surface area contributed by atoms with Gasteiger partial charge in [0.25, 0.3) is 0 Å². The zero-order valence-electron chi connectivity index (χ0n) is 8.33. The first-order chi connectivity index (χ1) is 5.93. The number of ether oxygens (including phenoxy) is 2. The molecule has 1 saturated heterocycles. The number of hydrogen-bond acceptors (Lipinski definition) is 4. The van der Waals surface area contributed by atoms with Crippen molar-refractivity contribution in [1.29, 1.82) is 0 Å². The van der Waals surface area contributed by atoms with Gasteiger partial charge in [-0.25, -0.2) is 0 Å². The Balaban J connectivity index is 0.00000144. The molecular weight excluding hydrogens is 197 g/mol. The first-order valence-electron chi connectivity index (χ1n) is 4.39. The molecule has 72 valence electrons. The first kappa shape index (κ1) is 14.5. The van der Waals surface area contributed by atoms with E-state index in [1.54, 1.807) is 0 Å². The van der Waals surface area contributed by atoms with E-state index in [4.69, 9.17) is 9.47 Å². The number of nitrogens with zero attached hydrogens (tertiary/aromatic N) is 1. The van der Waals surface area contributed by atoms with Crippen molar-refractivity contribution < 1.29 is 66.0 Å². The Kier molecular flexibility index (Phi) is 11.1.